The van der Waals surface area contributed by atoms with Crippen LogP contribution in [-0.2, 0) is 0 Å². The number of hydrogen-bond donors (Lipinski definition) is 0. The SMILES string of the molecule is C=C(C)C(C)CC(C)CCCCCCCC. The quantitative estimate of drug-likeness (QED) is 0.316. The molecule has 0 rings (SSSR count). The van der Waals surface area contributed by atoms with Gasteiger partial charge in [-0.15, -0.1) is 0 Å². The Morgan fingerprint density at radius 3 is 2.12 bits per heavy atom. The van der Waals surface area contributed by atoms with Crippen LogP contribution in [0.1, 0.15) is 79.1 Å². The average molecular weight is 224 g/mol. The van der Waals surface area contributed by atoms with Gasteiger partial charge in [0.25, 0.3) is 0 Å². The molecule has 0 aromatic rings. The zero-order chi connectivity index (χ0) is 12.4. The highest BCUT2D eigenvalue weighted by Crippen LogP contribution is 2.22. The molecule has 0 heteroatoms. The van der Waals surface area contributed by atoms with Crippen LogP contribution in [0.15, 0.2) is 12.2 Å². The molecule has 0 aromatic heterocycles. The van der Waals surface area contributed by atoms with Gasteiger partial charge in [0.1, 0.15) is 0 Å². The summed E-state index contributed by atoms with van der Waals surface area (Å²) >= 11 is 0. The molecular formula is C16H32. The monoisotopic (exact) mass is 224 g/mol. The first-order valence-corrected chi connectivity index (χ1v) is 7.23. The first-order valence-electron chi connectivity index (χ1n) is 7.23. The Balaban J connectivity index is 3.36. The molecule has 0 radical (unpaired) electrons. The van der Waals surface area contributed by atoms with Crippen LogP contribution in [0.2, 0.25) is 0 Å². The largest absolute Gasteiger partial charge is 0.0999 e. The molecule has 0 amide bonds. The van der Waals surface area contributed by atoms with Crippen molar-refractivity contribution in [1.82, 2.24) is 0 Å². The van der Waals surface area contributed by atoms with Crippen molar-refractivity contribution >= 4 is 0 Å². The number of unbranched alkanes of at least 4 members (excludes halogenated alkanes) is 5. The molecule has 96 valence electrons. The number of rotatable bonds is 10. The molecule has 0 N–H and O–H groups in total. The van der Waals surface area contributed by atoms with Crippen molar-refractivity contribution in [3.8, 4) is 0 Å². The topological polar surface area (TPSA) is 0 Å². The molecule has 0 fully saturated rings. The van der Waals surface area contributed by atoms with Gasteiger partial charge < -0.3 is 0 Å². The van der Waals surface area contributed by atoms with Gasteiger partial charge in [0.05, 0.1) is 0 Å². The highest BCUT2D eigenvalue weighted by molar-refractivity contribution is 4.94. The van der Waals surface area contributed by atoms with Crippen molar-refractivity contribution in [1.29, 1.82) is 0 Å². The summed E-state index contributed by atoms with van der Waals surface area (Å²) in [6.07, 6.45) is 11.2. The zero-order valence-corrected chi connectivity index (χ0v) is 12.0. The molecule has 0 aliphatic carbocycles. The van der Waals surface area contributed by atoms with Gasteiger partial charge in [-0.3, -0.25) is 0 Å². The van der Waals surface area contributed by atoms with Gasteiger partial charge in [0.15, 0.2) is 0 Å². The van der Waals surface area contributed by atoms with Gasteiger partial charge in [-0.1, -0.05) is 77.9 Å². The Kier molecular flexibility index (Phi) is 9.77. The molecule has 0 aliphatic rings. The van der Waals surface area contributed by atoms with Gasteiger partial charge in [0, 0.05) is 0 Å². The number of allylic oxidation sites excluding steroid dienone is 1. The predicted octanol–water partition coefficient (Wildman–Crippen LogP) is 5.98. The molecule has 0 heterocycles. The highest BCUT2D eigenvalue weighted by Gasteiger charge is 2.08. The van der Waals surface area contributed by atoms with E-state index in [4.69, 9.17) is 0 Å². The summed E-state index contributed by atoms with van der Waals surface area (Å²) in [5, 5.41) is 0. The minimum absolute atomic E-state index is 0.704. The molecule has 0 saturated heterocycles. The average Bonchev–Trinajstić information content (AvgIpc) is 2.23. The summed E-state index contributed by atoms with van der Waals surface area (Å²) in [7, 11) is 0. The Labute approximate surface area is 104 Å². The van der Waals surface area contributed by atoms with Crippen LogP contribution in [-0.4, -0.2) is 0 Å². The molecule has 0 aromatic carbocycles. The van der Waals surface area contributed by atoms with E-state index in [1.165, 1.54) is 56.9 Å². The summed E-state index contributed by atoms with van der Waals surface area (Å²) < 4.78 is 0. The molecule has 16 heavy (non-hydrogen) atoms. The molecule has 0 spiro atoms. The van der Waals surface area contributed by atoms with E-state index in [1.807, 2.05) is 0 Å². The minimum Gasteiger partial charge on any atom is -0.0999 e. The Hall–Kier alpha value is -0.260. The maximum Gasteiger partial charge on any atom is -0.0235 e. The molecular weight excluding hydrogens is 192 g/mol. The third kappa shape index (κ3) is 9.00. The molecule has 0 bridgehead atoms. The van der Waals surface area contributed by atoms with E-state index in [9.17, 15) is 0 Å². The summed E-state index contributed by atoms with van der Waals surface area (Å²) in [6, 6.07) is 0. The van der Waals surface area contributed by atoms with Crippen molar-refractivity contribution in [2.45, 2.75) is 79.1 Å². The van der Waals surface area contributed by atoms with Gasteiger partial charge in [-0.2, -0.15) is 0 Å². The van der Waals surface area contributed by atoms with Gasteiger partial charge >= 0.3 is 0 Å². The standard InChI is InChI=1S/C16H32/c1-6-7-8-9-10-11-12-15(4)13-16(5)14(2)3/h15-16H,2,6-13H2,1,3-5H3. The lowest BCUT2D eigenvalue weighted by atomic mass is 9.89. The van der Waals surface area contributed by atoms with E-state index < -0.39 is 0 Å². The normalized spacial score (nSPS) is 14.8. The predicted molar refractivity (Wildman–Crippen MR) is 75.8 cm³/mol. The lowest BCUT2D eigenvalue weighted by molar-refractivity contribution is 0.408. The van der Waals surface area contributed by atoms with Gasteiger partial charge in [0.2, 0.25) is 0 Å². The minimum atomic E-state index is 0.704. The second kappa shape index (κ2) is 9.93. The maximum absolute atomic E-state index is 4.04. The van der Waals surface area contributed by atoms with E-state index >= 15 is 0 Å². The van der Waals surface area contributed by atoms with Gasteiger partial charge in [-0.25, -0.2) is 0 Å². The summed E-state index contributed by atoms with van der Waals surface area (Å²) in [4.78, 5) is 0. The van der Waals surface area contributed by atoms with Crippen LogP contribution in [0, 0.1) is 11.8 Å². The van der Waals surface area contributed by atoms with Gasteiger partial charge in [-0.05, 0) is 25.2 Å². The molecule has 2 unspecified atom stereocenters. The zero-order valence-electron chi connectivity index (χ0n) is 12.0. The molecule has 0 aliphatic heterocycles. The first-order chi connectivity index (χ1) is 7.57. The Morgan fingerprint density at radius 1 is 1.00 bits per heavy atom. The van der Waals surface area contributed by atoms with Crippen LogP contribution < -0.4 is 0 Å². The third-order valence-corrected chi connectivity index (χ3v) is 3.65. The van der Waals surface area contributed by atoms with E-state index in [0.29, 0.717) is 5.92 Å². The summed E-state index contributed by atoms with van der Waals surface area (Å²) in [5.41, 5.74) is 1.34. The fourth-order valence-corrected chi connectivity index (χ4v) is 2.20. The number of hydrogen-bond acceptors (Lipinski definition) is 0. The smallest absolute Gasteiger partial charge is 0.0235 e. The third-order valence-electron chi connectivity index (χ3n) is 3.65. The highest BCUT2D eigenvalue weighted by atomic mass is 14.1. The van der Waals surface area contributed by atoms with E-state index in [0.717, 1.165) is 5.92 Å². The Morgan fingerprint density at radius 2 is 1.56 bits per heavy atom. The van der Waals surface area contributed by atoms with Crippen molar-refractivity contribution in [2.24, 2.45) is 11.8 Å². The van der Waals surface area contributed by atoms with E-state index in [-0.39, 0.29) is 0 Å². The fraction of sp³-hybridized carbons (Fsp3) is 0.875. The second-order valence-electron chi connectivity index (χ2n) is 5.64. The van der Waals surface area contributed by atoms with E-state index in [1.54, 1.807) is 0 Å². The fourth-order valence-electron chi connectivity index (χ4n) is 2.20. The first kappa shape index (κ1) is 15.7. The van der Waals surface area contributed by atoms with Crippen LogP contribution in [0.25, 0.3) is 0 Å². The lowest BCUT2D eigenvalue weighted by Gasteiger charge is -2.17. The lowest BCUT2D eigenvalue weighted by Crippen LogP contribution is -2.04. The second-order valence-corrected chi connectivity index (χ2v) is 5.64. The Bertz CT molecular complexity index is 169. The maximum atomic E-state index is 4.04. The van der Waals surface area contributed by atoms with Crippen molar-refractivity contribution in [3.63, 3.8) is 0 Å². The van der Waals surface area contributed by atoms with Crippen molar-refractivity contribution < 1.29 is 0 Å². The van der Waals surface area contributed by atoms with Crippen molar-refractivity contribution in [2.75, 3.05) is 0 Å². The molecule has 0 nitrogen and oxygen atoms in total. The molecule has 0 saturated carbocycles. The van der Waals surface area contributed by atoms with Crippen LogP contribution in [0.4, 0.5) is 0 Å². The van der Waals surface area contributed by atoms with Crippen LogP contribution >= 0.6 is 0 Å². The summed E-state index contributed by atoms with van der Waals surface area (Å²) in [6.45, 7) is 13.2. The van der Waals surface area contributed by atoms with E-state index in [2.05, 4.69) is 34.3 Å². The molecule has 2 atom stereocenters. The van der Waals surface area contributed by atoms with Crippen LogP contribution in [0.3, 0.4) is 0 Å². The van der Waals surface area contributed by atoms with Crippen molar-refractivity contribution in [3.05, 3.63) is 12.2 Å². The van der Waals surface area contributed by atoms with Crippen LogP contribution in [0.5, 0.6) is 0 Å². The summed E-state index contributed by atoms with van der Waals surface area (Å²) in [5.74, 6) is 1.58.